The summed E-state index contributed by atoms with van der Waals surface area (Å²) in [5.41, 5.74) is 7.43. The monoisotopic (exact) mass is 402 g/mol. The van der Waals surface area contributed by atoms with Crippen LogP contribution in [0.2, 0.25) is 0 Å². The second-order valence-electron chi connectivity index (χ2n) is 9.12. The van der Waals surface area contributed by atoms with E-state index in [0.29, 0.717) is 13.0 Å². The molecule has 0 saturated carbocycles. The van der Waals surface area contributed by atoms with E-state index >= 15 is 0 Å². The predicted molar refractivity (Wildman–Crippen MR) is 111 cm³/mol. The van der Waals surface area contributed by atoms with Crippen LogP contribution in [0, 0.1) is 11.3 Å². The number of nitrogens with zero attached hydrogens (tertiary/aromatic N) is 1. The smallest absolute Gasteiger partial charge is 0.329 e. The number of carbonyl (C=O) groups excluding carboxylic acids is 2. The van der Waals surface area contributed by atoms with Crippen molar-refractivity contribution in [3.8, 4) is 0 Å². The highest BCUT2D eigenvalue weighted by Gasteiger charge is 2.58. The van der Waals surface area contributed by atoms with Crippen molar-refractivity contribution in [1.82, 2.24) is 4.90 Å². The fourth-order valence-electron chi connectivity index (χ4n) is 4.89. The van der Waals surface area contributed by atoms with Crippen molar-refractivity contribution in [2.24, 2.45) is 17.1 Å². The van der Waals surface area contributed by atoms with Gasteiger partial charge in [0.2, 0.25) is 0 Å². The van der Waals surface area contributed by atoms with E-state index in [0.717, 1.165) is 18.4 Å². The standard InChI is InChI=1S/C23H34N2O4/c1-5-28-22(27)20-17(23(2,3)4)18(24)19(15-11-7-6-8-12-15)25(20)21(26)16-13-9-10-14-29-16/h6-8,11-12,16-20H,5,9-10,13-14,24H2,1-4H3/t16?,17-,18-,19-,20-/m1/s1. The first-order chi connectivity index (χ1) is 13.8. The Morgan fingerprint density at radius 1 is 1.21 bits per heavy atom. The zero-order chi connectivity index (χ0) is 21.2. The largest absolute Gasteiger partial charge is 0.464 e. The van der Waals surface area contributed by atoms with Crippen LogP contribution in [0.3, 0.4) is 0 Å². The molecule has 1 unspecified atom stereocenters. The minimum absolute atomic E-state index is 0.154. The summed E-state index contributed by atoms with van der Waals surface area (Å²) in [7, 11) is 0. The van der Waals surface area contributed by atoms with Gasteiger partial charge in [0, 0.05) is 18.6 Å². The summed E-state index contributed by atoms with van der Waals surface area (Å²) in [6, 6.07) is 8.24. The molecule has 6 heteroatoms. The molecule has 3 rings (SSSR count). The highest BCUT2D eigenvalue weighted by molar-refractivity contribution is 5.89. The van der Waals surface area contributed by atoms with Gasteiger partial charge in [0.1, 0.15) is 12.1 Å². The van der Waals surface area contributed by atoms with Gasteiger partial charge in [0.15, 0.2) is 0 Å². The Bertz CT molecular complexity index is 709. The Labute approximate surface area is 173 Å². The summed E-state index contributed by atoms with van der Waals surface area (Å²) in [6.45, 7) is 8.81. The molecular formula is C23H34N2O4. The van der Waals surface area contributed by atoms with E-state index in [-0.39, 0.29) is 35.9 Å². The Hall–Kier alpha value is -1.92. The van der Waals surface area contributed by atoms with Crippen LogP contribution in [0.4, 0.5) is 0 Å². The highest BCUT2D eigenvalue weighted by Crippen LogP contribution is 2.47. The molecule has 6 nitrogen and oxygen atoms in total. The molecule has 1 aromatic carbocycles. The van der Waals surface area contributed by atoms with Gasteiger partial charge in [-0.2, -0.15) is 0 Å². The lowest BCUT2D eigenvalue weighted by molar-refractivity contribution is -0.162. The highest BCUT2D eigenvalue weighted by atomic mass is 16.5. The topological polar surface area (TPSA) is 81.9 Å². The van der Waals surface area contributed by atoms with Gasteiger partial charge in [-0.1, -0.05) is 51.1 Å². The average Bonchev–Trinajstić information content (AvgIpc) is 3.02. The first-order valence-electron chi connectivity index (χ1n) is 10.7. The number of amides is 1. The summed E-state index contributed by atoms with van der Waals surface area (Å²) in [5, 5.41) is 0. The van der Waals surface area contributed by atoms with Crippen LogP contribution in [-0.2, 0) is 19.1 Å². The molecule has 2 aliphatic heterocycles. The first-order valence-corrected chi connectivity index (χ1v) is 10.7. The van der Waals surface area contributed by atoms with Crippen LogP contribution >= 0.6 is 0 Å². The first kappa shape index (κ1) is 21.8. The Morgan fingerprint density at radius 2 is 1.90 bits per heavy atom. The summed E-state index contributed by atoms with van der Waals surface area (Å²) in [5.74, 6) is -0.774. The number of ether oxygens (including phenoxy) is 2. The van der Waals surface area contributed by atoms with Crippen LogP contribution in [-0.4, -0.2) is 48.2 Å². The van der Waals surface area contributed by atoms with Gasteiger partial charge in [0.05, 0.1) is 12.6 Å². The number of carbonyl (C=O) groups is 2. The van der Waals surface area contributed by atoms with E-state index in [1.165, 1.54) is 0 Å². The Kier molecular flexibility index (Phi) is 6.64. The average molecular weight is 403 g/mol. The molecule has 2 saturated heterocycles. The zero-order valence-electron chi connectivity index (χ0n) is 18.0. The number of benzene rings is 1. The van der Waals surface area contributed by atoms with Crippen LogP contribution in [0.1, 0.15) is 58.6 Å². The third-order valence-electron chi connectivity index (χ3n) is 6.10. The lowest BCUT2D eigenvalue weighted by Crippen LogP contribution is -2.51. The second-order valence-corrected chi connectivity index (χ2v) is 9.12. The van der Waals surface area contributed by atoms with Gasteiger partial charge in [0.25, 0.3) is 5.91 Å². The number of nitrogens with two attached hydrogens (primary N) is 1. The van der Waals surface area contributed by atoms with Gasteiger partial charge in [-0.3, -0.25) is 4.79 Å². The summed E-state index contributed by atoms with van der Waals surface area (Å²) in [6.07, 6.45) is 2.04. The molecule has 0 aliphatic carbocycles. The van der Waals surface area contributed by atoms with Crippen LogP contribution in [0.5, 0.6) is 0 Å². The quantitative estimate of drug-likeness (QED) is 0.783. The van der Waals surface area contributed by atoms with E-state index in [1.807, 2.05) is 30.3 Å². The van der Waals surface area contributed by atoms with Crippen molar-refractivity contribution >= 4 is 11.9 Å². The minimum atomic E-state index is -0.729. The van der Waals surface area contributed by atoms with Crippen LogP contribution in [0.25, 0.3) is 0 Å². The molecule has 1 aromatic rings. The number of esters is 1. The third-order valence-corrected chi connectivity index (χ3v) is 6.10. The minimum Gasteiger partial charge on any atom is -0.464 e. The Morgan fingerprint density at radius 3 is 2.45 bits per heavy atom. The van der Waals surface area contributed by atoms with Gasteiger partial charge < -0.3 is 20.1 Å². The SMILES string of the molecule is CCOC(=O)[C@H]1[C@H](C(C)(C)C)[C@@H](N)[C@@H](c2ccccc2)N1C(=O)C1CCCCO1. The molecule has 2 heterocycles. The van der Waals surface area contributed by atoms with Crippen LogP contribution in [0.15, 0.2) is 30.3 Å². The number of hydrogen-bond acceptors (Lipinski definition) is 5. The lowest BCUT2D eigenvalue weighted by Gasteiger charge is -2.36. The molecule has 0 aromatic heterocycles. The van der Waals surface area contributed by atoms with E-state index in [2.05, 4.69) is 20.8 Å². The third kappa shape index (κ3) is 4.33. The van der Waals surface area contributed by atoms with Gasteiger partial charge in [-0.15, -0.1) is 0 Å². The molecule has 2 aliphatic rings. The summed E-state index contributed by atoms with van der Waals surface area (Å²) < 4.78 is 11.2. The molecule has 1 amide bonds. The molecule has 2 N–H and O–H groups in total. The molecule has 29 heavy (non-hydrogen) atoms. The zero-order valence-corrected chi connectivity index (χ0v) is 18.0. The van der Waals surface area contributed by atoms with Gasteiger partial charge in [-0.05, 0) is 37.2 Å². The second kappa shape index (κ2) is 8.84. The molecule has 0 bridgehead atoms. The van der Waals surface area contributed by atoms with E-state index in [9.17, 15) is 9.59 Å². The molecule has 0 spiro atoms. The van der Waals surface area contributed by atoms with Crippen molar-refractivity contribution in [2.45, 2.75) is 71.2 Å². The molecule has 2 fully saturated rings. The Balaban J connectivity index is 2.09. The maximum absolute atomic E-state index is 13.7. The molecule has 0 radical (unpaired) electrons. The van der Waals surface area contributed by atoms with E-state index in [1.54, 1.807) is 11.8 Å². The van der Waals surface area contributed by atoms with Gasteiger partial charge in [-0.25, -0.2) is 4.79 Å². The van der Waals surface area contributed by atoms with Crippen LogP contribution < -0.4 is 5.73 Å². The van der Waals surface area contributed by atoms with E-state index < -0.39 is 18.2 Å². The van der Waals surface area contributed by atoms with Crippen molar-refractivity contribution in [1.29, 1.82) is 0 Å². The van der Waals surface area contributed by atoms with Crippen molar-refractivity contribution in [2.75, 3.05) is 13.2 Å². The fourth-order valence-corrected chi connectivity index (χ4v) is 4.89. The number of rotatable bonds is 4. The number of likely N-dealkylation sites (tertiary alicyclic amines) is 1. The van der Waals surface area contributed by atoms with Gasteiger partial charge >= 0.3 is 5.97 Å². The summed E-state index contributed by atoms with van der Waals surface area (Å²) >= 11 is 0. The molecule has 160 valence electrons. The molecular weight excluding hydrogens is 368 g/mol. The number of hydrogen-bond donors (Lipinski definition) is 1. The fraction of sp³-hybridized carbons (Fsp3) is 0.652. The normalized spacial score (nSPS) is 30.2. The van der Waals surface area contributed by atoms with E-state index in [4.69, 9.17) is 15.2 Å². The summed E-state index contributed by atoms with van der Waals surface area (Å²) in [4.78, 5) is 28.5. The maximum Gasteiger partial charge on any atom is 0.329 e. The predicted octanol–water partition coefficient (Wildman–Crippen LogP) is 3.06. The molecule has 5 atom stereocenters. The van der Waals surface area contributed by atoms with Crippen molar-refractivity contribution in [3.05, 3.63) is 35.9 Å². The lowest BCUT2D eigenvalue weighted by atomic mass is 9.73. The van der Waals surface area contributed by atoms with Crippen molar-refractivity contribution in [3.63, 3.8) is 0 Å². The van der Waals surface area contributed by atoms with Crippen molar-refractivity contribution < 1.29 is 19.1 Å². The maximum atomic E-state index is 13.7.